The van der Waals surface area contributed by atoms with E-state index in [1.54, 1.807) is 12.1 Å². The van der Waals surface area contributed by atoms with Crippen LogP contribution in [0.2, 0.25) is 5.02 Å². The Bertz CT molecular complexity index is 972. The molecule has 0 saturated carbocycles. The van der Waals surface area contributed by atoms with E-state index in [4.69, 9.17) is 16.0 Å². The molecule has 1 aromatic heterocycles. The topological polar surface area (TPSA) is 111 Å². The van der Waals surface area contributed by atoms with Crippen LogP contribution in [-0.4, -0.2) is 27.8 Å². The van der Waals surface area contributed by atoms with Gasteiger partial charge in [0.2, 0.25) is 0 Å². The molecule has 3 rings (SSSR count). The van der Waals surface area contributed by atoms with Gasteiger partial charge in [-0.2, -0.15) is 5.10 Å². The van der Waals surface area contributed by atoms with Gasteiger partial charge in [0.25, 0.3) is 16.8 Å². The summed E-state index contributed by atoms with van der Waals surface area (Å²) in [5.74, 6) is -0.303. The van der Waals surface area contributed by atoms with Crippen LogP contribution < -0.4 is 5.43 Å². The van der Waals surface area contributed by atoms with Gasteiger partial charge in [0.1, 0.15) is 10.5 Å². The third kappa shape index (κ3) is 4.38. The number of fused-ring (bicyclic) bond motifs is 1. The van der Waals surface area contributed by atoms with Gasteiger partial charge in [-0.15, -0.1) is 0 Å². The first-order chi connectivity index (χ1) is 12.5. The molecule has 132 valence electrons. The first kappa shape index (κ1) is 17.9. The number of rotatable bonds is 6. The number of nitro groups is 1. The number of carbonyl (C=O) groups is 1. The summed E-state index contributed by atoms with van der Waals surface area (Å²) in [5.41, 5.74) is 3.92. The summed E-state index contributed by atoms with van der Waals surface area (Å²) in [6.45, 7) is 0. The molecule has 0 fully saturated rings. The van der Waals surface area contributed by atoms with Crippen molar-refractivity contribution in [2.45, 2.75) is 5.22 Å². The Morgan fingerprint density at radius 3 is 2.96 bits per heavy atom. The van der Waals surface area contributed by atoms with E-state index < -0.39 is 4.92 Å². The van der Waals surface area contributed by atoms with Crippen LogP contribution in [0.3, 0.4) is 0 Å². The summed E-state index contributed by atoms with van der Waals surface area (Å²) in [6.07, 6.45) is 1.30. The third-order valence-corrected chi connectivity index (χ3v) is 4.32. The third-order valence-electron chi connectivity index (χ3n) is 3.17. The zero-order valence-corrected chi connectivity index (χ0v) is 14.7. The highest BCUT2D eigenvalue weighted by Crippen LogP contribution is 2.24. The fourth-order valence-corrected chi connectivity index (χ4v) is 2.82. The lowest BCUT2D eigenvalue weighted by Crippen LogP contribution is -2.19. The molecule has 0 radical (unpaired) electrons. The summed E-state index contributed by atoms with van der Waals surface area (Å²) in [5, 5.41) is 15.0. The van der Waals surface area contributed by atoms with Crippen molar-refractivity contribution in [1.82, 2.24) is 10.4 Å². The van der Waals surface area contributed by atoms with Gasteiger partial charge in [0.05, 0.1) is 16.9 Å². The molecule has 26 heavy (non-hydrogen) atoms. The number of nitrogens with one attached hydrogen (secondary N) is 1. The summed E-state index contributed by atoms with van der Waals surface area (Å²) < 4.78 is 5.50. The molecule has 0 atom stereocenters. The molecule has 0 bridgehead atoms. The predicted octanol–water partition coefficient (Wildman–Crippen LogP) is 3.63. The normalized spacial score (nSPS) is 11.1. The van der Waals surface area contributed by atoms with Crippen molar-refractivity contribution in [2.24, 2.45) is 5.10 Å². The highest BCUT2D eigenvalue weighted by atomic mass is 35.5. The largest absolute Gasteiger partial charge is 0.431 e. The molecule has 3 aromatic rings. The van der Waals surface area contributed by atoms with Gasteiger partial charge in [0.15, 0.2) is 5.58 Å². The first-order valence-corrected chi connectivity index (χ1v) is 8.63. The van der Waals surface area contributed by atoms with Crippen molar-refractivity contribution in [3.63, 3.8) is 0 Å². The second kappa shape index (κ2) is 7.98. The average molecular weight is 391 g/mol. The highest BCUT2D eigenvalue weighted by Gasteiger charge is 2.12. The smallest absolute Gasteiger partial charge is 0.288 e. The fourth-order valence-electron chi connectivity index (χ4n) is 2.00. The second-order valence-electron chi connectivity index (χ2n) is 5.00. The summed E-state index contributed by atoms with van der Waals surface area (Å²) in [7, 11) is 0. The quantitative estimate of drug-likeness (QED) is 0.298. The standard InChI is InChI=1S/C16H11ClN4O4S/c17-11-6-5-10(7-13(11)21(23)24)8-18-20-15(22)9-26-16-19-12-3-1-2-4-14(12)25-16/h1-8H,9H2,(H,20,22)/b18-8+. The lowest BCUT2D eigenvalue weighted by Gasteiger charge is -1.98. The lowest BCUT2D eigenvalue weighted by atomic mass is 10.2. The molecular formula is C16H11ClN4O4S. The van der Waals surface area contributed by atoms with Gasteiger partial charge >= 0.3 is 0 Å². The van der Waals surface area contributed by atoms with Gasteiger partial charge in [-0.3, -0.25) is 14.9 Å². The number of hydrazone groups is 1. The van der Waals surface area contributed by atoms with Gasteiger partial charge < -0.3 is 4.42 Å². The number of nitro benzene ring substituents is 1. The molecule has 0 aliphatic heterocycles. The van der Waals surface area contributed by atoms with Crippen molar-refractivity contribution < 1.29 is 14.1 Å². The van der Waals surface area contributed by atoms with E-state index in [9.17, 15) is 14.9 Å². The van der Waals surface area contributed by atoms with Crippen molar-refractivity contribution >= 4 is 52.3 Å². The molecule has 0 aliphatic rings. The van der Waals surface area contributed by atoms with Gasteiger partial charge in [0, 0.05) is 11.6 Å². The van der Waals surface area contributed by atoms with Crippen molar-refractivity contribution in [3.05, 3.63) is 63.2 Å². The SMILES string of the molecule is O=C(CSc1nc2ccccc2o1)N/N=C/c1ccc(Cl)c([N+](=O)[O-])c1. The van der Waals surface area contributed by atoms with Crippen molar-refractivity contribution in [3.8, 4) is 0 Å². The van der Waals surface area contributed by atoms with Crippen LogP contribution in [0.15, 0.2) is 57.2 Å². The number of halogens is 1. The van der Waals surface area contributed by atoms with E-state index >= 15 is 0 Å². The molecular weight excluding hydrogens is 380 g/mol. The lowest BCUT2D eigenvalue weighted by molar-refractivity contribution is -0.384. The van der Waals surface area contributed by atoms with Crippen LogP contribution in [0.4, 0.5) is 5.69 Å². The molecule has 1 amide bonds. The minimum atomic E-state index is -0.588. The number of oxazole rings is 1. The van der Waals surface area contributed by atoms with Crippen LogP contribution in [0.5, 0.6) is 0 Å². The molecule has 0 aliphatic carbocycles. The minimum absolute atomic E-state index is 0.0333. The number of aromatic nitrogens is 1. The maximum Gasteiger partial charge on any atom is 0.288 e. The summed E-state index contributed by atoms with van der Waals surface area (Å²) in [6, 6.07) is 11.5. The Balaban J connectivity index is 1.54. The van der Waals surface area contributed by atoms with Crippen LogP contribution in [0.1, 0.15) is 5.56 Å². The summed E-state index contributed by atoms with van der Waals surface area (Å²) >= 11 is 6.87. The number of para-hydroxylation sites is 2. The van der Waals surface area contributed by atoms with Crippen molar-refractivity contribution in [2.75, 3.05) is 5.75 Å². The van der Waals surface area contributed by atoms with Crippen LogP contribution in [-0.2, 0) is 4.79 Å². The molecule has 2 aromatic carbocycles. The van der Waals surface area contributed by atoms with Gasteiger partial charge in [-0.1, -0.05) is 41.6 Å². The monoisotopic (exact) mass is 390 g/mol. The Labute approximate surface area is 156 Å². The minimum Gasteiger partial charge on any atom is -0.431 e. The van der Waals surface area contributed by atoms with Gasteiger partial charge in [-0.25, -0.2) is 10.4 Å². The van der Waals surface area contributed by atoms with E-state index in [-0.39, 0.29) is 22.4 Å². The molecule has 0 saturated heterocycles. The second-order valence-corrected chi connectivity index (χ2v) is 6.33. The number of hydrogen-bond acceptors (Lipinski definition) is 7. The molecule has 10 heteroatoms. The Kier molecular flexibility index (Phi) is 5.49. The van der Waals surface area contributed by atoms with Gasteiger partial charge in [-0.05, 0) is 18.2 Å². The molecule has 0 unspecified atom stereocenters. The molecule has 1 heterocycles. The average Bonchev–Trinajstić information content (AvgIpc) is 3.04. The molecule has 8 nitrogen and oxygen atoms in total. The van der Waals surface area contributed by atoms with Crippen LogP contribution >= 0.6 is 23.4 Å². The first-order valence-electron chi connectivity index (χ1n) is 7.27. The maximum atomic E-state index is 11.8. The number of amides is 1. The van der Waals surface area contributed by atoms with E-state index in [1.165, 1.54) is 18.3 Å². The van der Waals surface area contributed by atoms with E-state index in [2.05, 4.69) is 15.5 Å². The number of thioether (sulfide) groups is 1. The molecule has 0 spiro atoms. The fraction of sp³-hybridized carbons (Fsp3) is 0.0625. The Morgan fingerprint density at radius 2 is 2.19 bits per heavy atom. The van der Waals surface area contributed by atoms with E-state index in [0.717, 1.165) is 17.3 Å². The zero-order valence-electron chi connectivity index (χ0n) is 13.1. The van der Waals surface area contributed by atoms with Crippen LogP contribution in [0.25, 0.3) is 11.1 Å². The number of benzene rings is 2. The summed E-state index contributed by atoms with van der Waals surface area (Å²) in [4.78, 5) is 26.3. The molecule has 1 N–H and O–H groups in total. The zero-order chi connectivity index (χ0) is 18.5. The number of carbonyl (C=O) groups excluding carboxylic acids is 1. The van der Waals surface area contributed by atoms with Crippen LogP contribution in [0, 0.1) is 10.1 Å². The van der Waals surface area contributed by atoms with E-state index in [1.807, 2.05) is 18.2 Å². The number of nitrogens with zero attached hydrogens (tertiary/aromatic N) is 3. The Hall–Kier alpha value is -2.91. The predicted molar refractivity (Wildman–Crippen MR) is 98.6 cm³/mol. The number of hydrogen-bond donors (Lipinski definition) is 1. The highest BCUT2D eigenvalue weighted by molar-refractivity contribution is 7.99. The Morgan fingerprint density at radius 1 is 1.38 bits per heavy atom. The maximum absolute atomic E-state index is 11.8. The van der Waals surface area contributed by atoms with E-state index in [0.29, 0.717) is 16.4 Å². The van der Waals surface area contributed by atoms with Crippen molar-refractivity contribution in [1.29, 1.82) is 0 Å².